The highest BCUT2D eigenvalue weighted by atomic mass is 32.2. The van der Waals surface area contributed by atoms with Crippen LogP contribution in [0, 0.1) is 0 Å². The van der Waals surface area contributed by atoms with Crippen molar-refractivity contribution < 1.29 is 39.9 Å². The summed E-state index contributed by atoms with van der Waals surface area (Å²) in [6.45, 7) is -1.17. The number of carboxylic acids is 1. The average Bonchev–Trinajstić information content (AvgIpc) is 2.85. The standard InChI is InChI=1S/C25H26N2O9S2/c26-22-12-20(11-21(13-22)25(29)30)24(28)27-14-23(36-38(33,34)17-19-9-5-2-6-10-19)15-35-37(31,32)16-18-7-3-1-4-8-18/h1-13,23H,14-17,26H2,(H,27,28)(H,29,30). The van der Waals surface area contributed by atoms with Gasteiger partial charge in [0.25, 0.3) is 26.1 Å². The first-order valence-electron chi connectivity index (χ1n) is 11.2. The van der Waals surface area contributed by atoms with Crippen molar-refractivity contribution in [2.45, 2.75) is 17.6 Å². The number of benzene rings is 3. The maximum atomic E-state index is 12.7. The Morgan fingerprint density at radius 1 is 0.816 bits per heavy atom. The number of nitrogen functional groups attached to an aromatic ring is 1. The topological polar surface area (TPSA) is 179 Å². The summed E-state index contributed by atoms with van der Waals surface area (Å²) in [7, 11) is -8.35. The average molecular weight is 563 g/mol. The van der Waals surface area contributed by atoms with E-state index in [0.717, 1.165) is 6.07 Å². The van der Waals surface area contributed by atoms with E-state index in [4.69, 9.17) is 14.1 Å². The summed E-state index contributed by atoms with van der Waals surface area (Å²) in [5.74, 6) is -3.02. The number of carbonyl (C=O) groups is 2. The van der Waals surface area contributed by atoms with Crippen LogP contribution in [-0.4, -0.2) is 53.1 Å². The highest BCUT2D eigenvalue weighted by Gasteiger charge is 2.25. The fraction of sp³-hybridized carbons (Fsp3) is 0.200. The van der Waals surface area contributed by atoms with E-state index >= 15 is 0 Å². The first-order chi connectivity index (χ1) is 17.9. The van der Waals surface area contributed by atoms with Gasteiger partial charge in [0.05, 0.1) is 12.2 Å². The van der Waals surface area contributed by atoms with Crippen LogP contribution >= 0.6 is 0 Å². The summed E-state index contributed by atoms with van der Waals surface area (Å²) in [4.78, 5) is 23.9. The summed E-state index contributed by atoms with van der Waals surface area (Å²) >= 11 is 0. The van der Waals surface area contributed by atoms with E-state index in [9.17, 15) is 31.5 Å². The molecule has 0 saturated carbocycles. The molecule has 0 bridgehead atoms. The molecule has 0 aliphatic rings. The molecule has 0 aromatic heterocycles. The molecule has 0 fully saturated rings. The van der Waals surface area contributed by atoms with Crippen molar-refractivity contribution in [3.05, 3.63) is 101 Å². The largest absolute Gasteiger partial charge is 0.478 e. The van der Waals surface area contributed by atoms with Crippen LogP contribution < -0.4 is 11.1 Å². The van der Waals surface area contributed by atoms with Gasteiger partial charge in [-0.05, 0) is 29.3 Å². The molecule has 1 amide bonds. The molecule has 0 radical (unpaired) electrons. The van der Waals surface area contributed by atoms with Gasteiger partial charge in [-0.2, -0.15) is 16.8 Å². The predicted octanol–water partition coefficient (Wildman–Crippen LogP) is 2.16. The molecule has 1 atom stereocenters. The van der Waals surface area contributed by atoms with Gasteiger partial charge in [0.2, 0.25) is 0 Å². The fourth-order valence-corrected chi connectivity index (χ4v) is 5.60. The lowest BCUT2D eigenvalue weighted by molar-refractivity contribution is 0.0697. The fourth-order valence-electron chi connectivity index (χ4n) is 3.35. The summed E-state index contributed by atoms with van der Waals surface area (Å²) < 4.78 is 60.6. The minimum Gasteiger partial charge on any atom is -0.478 e. The Balaban J connectivity index is 1.73. The summed E-state index contributed by atoms with van der Waals surface area (Å²) in [5, 5.41) is 11.6. The van der Waals surface area contributed by atoms with Gasteiger partial charge >= 0.3 is 5.97 Å². The van der Waals surface area contributed by atoms with Crippen LogP contribution in [-0.2, 0) is 40.1 Å². The molecule has 38 heavy (non-hydrogen) atoms. The SMILES string of the molecule is Nc1cc(C(=O)O)cc(C(=O)NCC(COS(=O)(=O)Cc2ccccc2)OS(=O)(=O)Cc2ccccc2)c1. The number of hydrogen-bond donors (Lipinski definition) is 3. The van der Waals surface area contributed by atoms with Crippen molar-refractivity contribution in [2.24, 2.45) is 0 Å². The smallest absolute Gasteiger partial charge is 0.335 e. The Morgan fingerprint density at radius 3 is 1.89 bits per heavy atom. The minimum absolute atomic E-state index is 0.0311. The molecule has 13 heteroatoms. The number of carbonyl (C=O) groups excluding carboxylic acids is 1. The van der Waals surface area contributed by atoms with Crippen LogP contribution in [0.15, 0.2) is 78.9 Å². The molecule has 0 aliphatic heterocycles. The monoisotopic (exact) mass is 562 g/mol. The molecule has 3 aromatic rings. The van der Waals surface area contributed by atoms with Gasteiger partial charge in [-0.25, -0.2) is 4.79 Å². The van der Waals surface area contributed by atoms with Gasteiger partial charge in [0.15, 0.2) is 0 Å². The second-order valence-electron chi connectivity index (χ2n) is 8.24. The quantitative estimate of drug-likeness (QED) is 0.206. The maximum absolute atomic E-state index is 12.7. The molecule has 0 saturated heterocycles. The zero-order valence-electron chi connectivity index (χ0n) is 20.0. The Hall–Kier alpha value is -3.78. The number of nitrogens with two attached hydrogens (primary N) is 1. The third-order valence-corrected chi connectivity index (χ3v) is 7.48. The van der Waals surface area contributed by atoms with E-state index in [0.29, 0.717) is 11.1 Å². The van der Waals surface area contributed by atoms with E-state index in [-0.39, 0.29) is 16.8 Å². The van der Waals surface area contributed by atoms with Gasteiger partial charge in [-0.15, -0.1) is 0 Å². The molecule has 1 unspecified atom stereocenters. The summed E-state index contributed by atoms with van der Waals surface area (Å²) in [6.07, 6.45) is -1.42. The zero-order chi connectivity index (χ0) is 27.8. The third-order valence-electron chi connectivity index (χ3n) is 5.04. The first kappa shape index (κ1) is 28.8. The van der Waals surface area contributed by atoms with Crippen LogP contribution in [0.5, 0.6) is 0 Å². The molecule has 3 rings (SSSR count). The second-order valence-corrected chi connectivity index (χ2v) is 11.5. The maximum Gasteiger partial charge on any atom is 0.335 e. The van der Waals surface area contributed by atoms with Crippen LogP contribution in [0.2, 0.25) is 0 Å². The van der Waals surface area contributed by atoms with Crippen molar-refractivity contribution in [3.63, 3.8) is 0 Å². The van der Waals surface area contributed by atoms with E-state index in [1.165, 1.54) is 12.1 Å². The Kier molecular flexibility index (Phi) is 9.58. The van der Waals surface area contributed by atoms with Crippen LogP contribution in [0.1, 0.15) is 31.8 Å². The van der Waals surface area contributed by atoms with Crippen molar-refractivity contribution in [1.29, 1.82) is 0 Å². The summed E-state index contributed by atoms with van der Waals surface area (Å²) in [5.41, 5.74) is 6.30. The van der Waals surface area contributed by atoms with E-state index in [2.05, 4.69) is 5.32 Å². The second kappa shape index (κ2) is 12.6. The zero-order valence-corrected chi connectivity index (χ0v) is 21.7. The lowest BCUT2D eigenvalue weighted by Gasteiger charge is -2.18. The van der Waals surface area contributed by atoms with Gasteiger partial charge in [-0.3, -0.25) is 13.2 Å². The number of rotatable bonds is 13. The third kappa shape index (κ3) is 9.27. The number of anilines is 1. The van der Waals surface area contributed by atoms with Gasteiger partial charge in [0, 0.05) is 17.8 Å². The molecule has 0 heterocycles. The highest BCUT2D eigenvalue weighted by molar-refractivity contribution is 7.86. The molecular formula is C25H26N2O9S2. The minimum atomic E-state index is -4.22. The van der Waals surface area contributed by atoms with Gasteiger partial charge in [0.1, 0.15) is 17.6 Å². The van der Waals surface area contributed by atoms with Crippen molar-refractivity contribution in [3.8, 4) is 0 Å². The molecule has 11 nitrogen and oxygen atoms in total. The number of amides is 1. The first-order valence-corrected chi connectivity index (χ1v) is 14.4. The summed E-state index contributed by atoms with van der Waals surface area (Å²) in [6, 6.07) is 19.9. The van der Waals surface area contributed by atoms with E-state index in [1.807, 2.05) is 0 Å². The Bertz CT molecular complexity index is 1480. The van der Waals surface area contributed by atoms with E-state index < -0.39 is 62.9 Å². The van der Waals surface area contributed by atoms with E-state index in [1.54, 1.807) is 60.7 Å². The van der Waals surface area contributed by atoms with Crippen LogP contribution in [0.25, 0.3) is 0 Å². The molecular weight excluding hydrogens is 536 g/mol. The van der Waals surface area contributed by atoms with Crippen LogP contribution in [0.4, 0.5) is 5.69 Å². The highest BCUT2D eigenvalue weighted by Crippen LogP contribution is 2.15. The van der Waals surface area contributed by atoms with Crippen molar-refractivity contribution >= 4 is 37.8 Å². The molecule has 0 aliphatic carbocycles. The van der Waals surface area contributed by atoms with Gasteiger partial charge < -0.3 is 16.2 Å². The van der Waals surface area contributed by atoms with Crippen molar-refractivity contribution in [2.75, 3.05) is 18.9 Å². The number of hydrogen-bond acceptors (Lipinski definition) is 9. The lowest BCUT2D eigenvalue weighted by Crippen LogP contribution is -2.38. The number of nitrogens with one attached hydrogen (secondary N) is 1. The van der Waals surface area contributed by atoms with Gasteiger partial charge in [-0.1, -0.05) is 60.7 Å². The predicted molar refractivity (Wildman–Crippen MR) is 139 cm³/mol. The Labute approximate surface area is 220 Å². The molecule has 4 N–H and O–H groups in total. The normalized spacial score (nSPS) is 12.5. The molecule has 0 spiro atoms. The number of carboxylic acid groups (broad SMARTS) is 1. The number of aromatic carboxylic acids is 1. The van der Waals surface area contributed by atoms with Crippen molar-refractivity contribution in [1.82, 2.24) is 5.32 Å². The molecule has 3 aromatic carbocycles. The van der Waals surface area contributed by atoms with Crippen LogP contribution in [0.3, 0.4) is 0 Å². The Morgan fingerprint density at radius 2 is 1.34 bits per heavy atom. The lowest BCUT2D eigenvalue weighted by atomic mass is 10.1. The molecule has 202 valence electrons.